The number of fused-ring (bicyclic) bond motifs is 4. The summed E-state index contributed by atoms with van der Waals surface area (Å²) in [5.41, 5.74) is 2.35. The van der Waals surface area contributed by atoms with E-state index in [0.717, 1.165) is 21.8 Å². The van der Waals surface area contributed by atoms with Crippen molar-refractivity contribution in [2.45, 2.75) is 33.9 Å². The molecule has 1 atom stereocenters. The molecule has 1 fully saturated rings. The molecule has 2 amide bonds. The van der Waals surface area contributed by atoms with E-state index in [2.05, 4.69) is 0 Å². The smallest absolute Gasteiger partial charge is 0.264 e. The number of carbonyl (C=O) groups excluding carboxylic acids is 2. The summed E-state index contributed by atoms with van der Waals surface area (Å²) in [6.45, 7) is 0.473. The molecule has 3 aliphatic heterocycles. The second-order valence-corrected chi connectivity index (χ2v) is 11.3. The number of nitrogens with zero attached hydrogens (tertiary/aromatic N) is 3. The summed E-state index contributed by atoms with van der Waals surface area (Å²) in [6, 6.07) is 12.5. The summed E-state index contributed by atoms with van der Waals surface area (Å²) in [4.78, 5) is 30.1. The Morgan fingerprint density at radius 1 is 1.10 bits per heavy atom. The molecular weight excluding hydrogens is 422 g/mol. The third kappa shape index (κ3) is 2.58. The first-order chi connectivity index (χ1) is 14.3. The normalized spacial score (nSPS) is 22.4. The number of amides is 2. The van der Waals surface area contributed by atoms with Gasteiger partial charge >= 0.3 is 0 Å². The van der Waals surface area contributed by atoms with E-state index in [1.54, 1.807) is 28.0 Å². The number of hydrogen-bond acceptors (Lipinski definition) is 5. The lowest BCUT2D eigenvalue weighted by Gasteiger charge is -2.33. The lowest BCUT2D eigenvalue weighted by atomic mass is 10.1. The van der Waals surface area contributed by atoms with Gasteiger partial charge < -0.3 is 4.90 Å². The molecule has 0 saturated carbocycles. The molecule has 0 bridgehead atoms. The second kappa shape index (κ2) is 6.57. The van der Waals surface area contributed by atoms with E-state index in [0.29, 0.717) is 25.8 Å². The van der Waals surface area contributed by atoms with E-state index < -0.39 is 14.9 Å². The van der Waals surface area contributed by atoms with Gasteiger partial charge in [0, 0.05) is 37.6 Å². The fourth-order valence-electron chi connectivity index (χ4n) is 4.45. The third-order valence-corrected chi connectivity index (χ3v) is 9.25. The Balaban J connectivity index is 1.52. The maximum atomic E-state index is 13.8. The lowest BCUT2D eigenvalue weighted by Crippen LogP contribution is -2.53. The van der Waals surface area contributed by atoms with Crippen LogP contribution in [0.1, 0.15) is 18.4 Å². The maximum Gasteiger partial charge on any atom is 0.264 e. The maximum absolute atomic E-state index is 13.8. The molecule has 0 N–H and O–H groups in total. The van der Waals surface area contributed by atoms with E-state index in [1.807, 2.05) is 24.3 Å². The quantitative estimate of drug-likeness (QED) is 0.728. The highest BCUT2D eigenvalue weighted by Gasteiger charge is 2.59. The fraction of sp³-hybridized carbons (Fsp3) is 0.333. The molecule has 0 aromatic heterocycles. The van der Waals surface area contributed by atoms with Gasteiger partial charge in [-0.05, 0) is 48.7 Å². The number of rotatable bonds is 3. The number of hydrogen-bond donors (Lipinski definition) is 0. The van der Waals surface area contributed by atoms with Crippen LogP contribution in [0.4, 0.5) is 11.4 Å². The van der Waals surface area contributed by atoms with E-state index in [9.17, 15) is 18.0 Å². The molecule has 3 heterocycles. The van der Waals surface area contributed by atoms with E-state index >= 15 is 0 Å². The van der Waals surface area contributed by atoms with Gasteiger partial charge in [-0.25, -0.2) is 12.7 Å². The Morgan fingerprint density at radius 2 is 1.87 bits per heavy atom. The first-order valence-corrected chi connectivity index (χ1v) is 12.0. The van der Waals surface area contributed by atoms with Gasteiger partial charge in [0.25, 0.3) is 5.91 Å². The highest BCUT2D eigenvalue weighted by Crippen LogP contribution is 2.56. The van der Waals surface area contributed by atoms with Gasteiger partial charge in [0.1, 0.15) is 0 Å². The summed E-state index contributed by atoms with van der Waals surface area (Å²) >= 11 is 1.45. The van der Waals surface area contributed by atoms with Crippen LogP contribution < -0.4 is 9.80 Å². The van der Waals surface area contributed by atoms with Gasteiger partial charge in [-0.2, -0.15) is 0 Å². The molecule has 7 nitrogen and oxygen atoms in total. The number of sulfonamides is 1. The largest absolute Gasteiger partial charge is 0.309 e. The average Bonchev–Trinajstić information content (AvgIpc) is 3.39. The van der Waals surface area contributed by atoms with Gasteiger partial charge in [0.05, 0.1) is 10.6 Å². The van der Waals surface area contributed by atoms with Crippen LogP contribution in [0.2, 0.25) is 0 Å². The van der Waals surface area contributed by atoms with Crippen molar-refractivity contribution < 1.29 is 18.0 Å². The molecule has 1 saturated heterocycles. The van der Waals surface area contributed by atoms with Crippen molar-refractivity contribution in [3.63, 3.8) is 0 Å². The minimum absolute atomic E-state index is 0.0346. The van der Waals surface area contributed by atoms with Crippen molar-refractivity contribution in [1.29, 1.82) is 0 Å². The number of anilines is 2. The van der Waals surface area contributed by atoms with Crippen molar-refractivity contribution in [1.82, 2.24) is 4.31 Å². The van der Waals surface area contributed by atoms with Crippen molar-refractivity contribution in [3.05, 3.63) is 48.0 Å². The van der Waals surface area contributed by atoms with Crippen molar-refractivity contribution >= 4 is 45.0 Å². The molecule has 0 unspecified atom stereocenters. The molecule has 156 valence electrons. The lowest BCUT2D eigenvalue weighted by molar-refractivity contribution is -0.122. The zero-order chi connectivity index (χ0) is 21.3. The number of thioether (sulfide) groups is 1. The molecule has 5 rings (SSSR count). The number of carbonyl (C=O) groups is 2. The van der Waals surface area contributed by atoms with Crippen LogP contribution in [0.5, 0.6) is 0 Å². The SMILES string of the molecule is CN(C)S(=O)(=O)c1ccc2c(c1)CCN2C(=O)[C@@]12CCC(=O)N1c1ccccc1S2. The first-order valence-electron chi connectivity index (χ1n) is 9.74. The van der Waals surface area contributed by atoms with Crippen LogP contribution in [0, 0.1) is 0 Å². The molecule has 2 aromatic carbocycles. The Bertz CT molecular complexity index is 1190. The van der Waals surface area contributed by atoms with E-state index in [1.165, 1.54) is 30.2 Å². The number of benzene rings is 2. The van der Waals surface area contributed by atoms with Gasteiger partial charge in [-0.3, -0.25) is 14.5 Å². The predicted octanol–water partition coefficient (Wildman–Crippen LogP) is 2.46. The minimum atomic E-state index is -3.54. The summed E-state index contributed by atoms with van der Waals surface area (Å²) in [5, 5.41) is 0. The zero-order valence-corrected chi connectivity index (χ0v) is 18.3. The summed E-state index contributed by atoms with van der Waals surface area (Å²) < 4.78 is 26.1. The van der Waals surface area contributed by atoms with E-state index in [4.69, 9.17) is 0 Å². The predicted molar refractivity (Wildman–Crippen MR) is 115 cm³/mol. The van der Waals surface area contributed by atoms with Crippen molar-refractivity contribution in [3.8, 4) is 0 Å². The van der Waals surface area contributed by atoms with Crippen molar-refractivity contribution in [2.75, 3.05) is 30.4 Å². The van der Waals surface area contributed by atoms with Gasteiger partial charge in [0.15, 0.2) is 4.87 Å². The minimum Gasteiger partial charge on any atom is -0.309 e. The summed E-state index contributed by atoms with van der Waals surface area (Å²) in [7, 11) is -0.542. The van der Waals surface area contributed by atoms with Gasteiger partial charge in [-0.15, -0.1) is 0 Å². The van der Waals surface area contributed by atoms with Crippen LogP contribution in [-0.4, -0.2) is 50.0 Å². The van der Waals surface area contributed by atoms with Gasteiger partial charge in [0.2, 0.25) is 15.9 Å². The van der Waals surface area contributed by atoms with Crippen LogP contribution >= 0.6 is 11.8 Å². The molecule has 0 spiro atoms. The molecule has 9 heteroatoms. The summed E-state index contributed by atoms with van der Waals surface area (Å²) in [5.74, 6) is -0.149. The highest BCUT2D eigenvalue weighted by atomic mass is 32.2. The molecule has 0 aliphatic carbocycles. The topological polar surface area (TPSA) is 78.0 Å². The second-order valence-electron chi connectivity index (χ2n) is 7.87. The average molecular weight is 444 g/mol. The summed E-state index contributed by atoms with van der Waals surface area (Å²) in [6.07, 6.45) is 1.39. The molecule has 3 aliphatic rings. The monoisotopic (exact) mass is 443 g/mol. The molecule has 0 radical (unpaired) electrons. The van der Waals surface area contributed by atoms with Crippen LogP contribution in [0.25, 0.3) is 0 Å². The standard InChI is InChI=1S/C21H21N3O4S2/c1-22(2)30(27,28)15-7-8-16-14(13-15)10-12-23(16)20(26)21-11-9-19(25)24(21)17-5-3-4-6-18(17)29-21/h3-8,13H,9-12H2,1-2H3/t21-/m0/s1. The van der Waals surface area contributed by atoms with Crippen LogP contribution in [0.3, 0.4) is 0 Å². The van der Waals surface area contributed by atoms with Crippen LogP contribution in [0.15, 0.2) is 52.3 Å². The molecular formula is C21H21N3O4S2. The van der Waals surface area contributed by atoms with Crippen molar-refractivity contribution in [2.24, 2.45) is 0 Å². The van der Waals surface area contributed by atoms with Gasteiger partial charge in [-0.1, -0.05) is 23.9 Å². The Hall–Kier alpha value is -2.36. The Morgan fingerprint density at radius 3 is 2.63 bits per heavy atom. The van der Waals surface area contributed by atoms with E-state index in [-0.39, 0.29) is 16.7 Å². The molecule has 2 aromatic rings. The third-order valence-electron chi connectivity index (χ3n) is 5.98. The molecule has 30 heavy (non-hydrogen) atoms. The fourth-order valence-corrected chi connectivity index (χ4v) is 6.87. The Labute approximate surface area is 179 Å². The highest BCUT2D eigenvalue weighted by molar-refractivity contribution is 8.02. The zero-order valence-electron chi connectivity index (χ0n) is 16.7. The Kier molecular flexibility index (Phi) is 4.29. The number of para-hydroxylation sites is 1. The first kappa shape index (κ1) is 19.6. The van der Waals surface area contributed by atoms with Crippen LogP contribution in [-0.2, 0) is 26.0 Å².